The monoisotopic (exact) mass is 444 g/mol. The fourth-order valence-corrected chi connectivity index (χ4v) is 4.04. The molecule has 0 saturated carbocycles. The van der Waals surface area contributed by atoms with Crippen LogP contribution in [0.15, 0.2) is 42.5 Å². The summed E-state index contributed by atoms with van der Waals surface area (Å²) >= 11 is 6.38. The molecule has 2 aromatic carbocycles. The zero-order valence-electron chi connectivity index (χ0n) is 17.1. The first kappa shape index (κ1) is 21.1. The molecule has 4 rings (SSSR count). The molecule has 5 nitrogen and oxygen atoms in total. The van der Waals surface area contributed by atoms with Gasteiger partial charge in [-0.05, 0) is 37.3 Å². The standard InChI is InChI=1S/C23H19ClF2N2O3/c1-12-22-20(15(24)10-18(27-22)21-16(25)5-4-6-17(21)26)23(29)28(12)11-13-7-8-14(30-2)9-19(13)31-3/h4-10,12H,11H2,1-3H3/t12-/m0/s1. The summed E-state index contributed by atoms with van der Waals surface area (Å²) in [6, 6.07) is 9.77. The lowest BCUT2D eigenvalue weighted by molar-refractivity contribution is 0.0720. The second-order valence-corrected chi connectivity index (χ2v) is 7.54. The van der Waals surface area contributed by atoms with Crippen LogP contribution >= 0.6 is 11.6 Å². The molecule has 0 spiro atoms. The molecule has 1 aromatic heterocycles. The van der Waals surface area contributed by atoms with Gasteiger partial charge in [0.1, 0.15) is 23.1 Å². The van der Waals surface area contributed by atoms with Crippen molar-refractivity contribution < 1.29 is 23.0 Å². The number of methoxy groups -OCH3 is 2. The van der Waals surface area contributed by atoms with Gasteiger partial charge in [0.2, 0.25) is 0 Å². The third kappa shape index (κ3) is 3.59. The minimum atomic E-state index is -0.750. The lowest BCUT2D eigenvalue weighted by Gasteiger charge is -2.23. The van der Waals surface area contributed by atoms with Crippen molar-refractivity contribution in [2.45, 2.75) is 19.5 Å². The molecule has 8 heteroatoms. The molecule has 2 heterocycles. The number of rotatable bonds is 5. The average molecular weight is 445 g/mol. The highest BCUT2D eigenvalue weighted by molar-refractivity contribution is 6.34. The first-order valence-electron chi connectivity index (χ1n) is 9.52. The maximum absolute atomic E-state index is 14.3. The van der Waals surface area contributed by atoms with Crippen LogP contribution in [0.25, 0.3) is 11.3 Å². The van der Waals surface area contributed by atoms with Crippen LogP contribution in [0.4, 0.5) is 8.78 Å². The number of pyridine rings is 1. The molecule has 160 valence electrons. The summed E-state index contributed by atoms with van der Waals surface area (Å²) in [5.41, 5.74) is 1.16. The maximum Gasteiger partial charge on any atom is 0.258 e. The number of carbonyl (C=O) groups is 1. The predicted molar refractivity (Wildman–Crippen MR) is 112 cm³/mol. The Morgan fingerprint density at radius 2 is 1.77 bits per heavy atom. The lowest BCUT2D eigenvalue weighted by atomic mass is 10.1. The average Bonchev–Trinajstić information content (AvgIpc) is 2.99. The van der Waals surface area contributed by atoms with Gasteiger partial charge >= 0.3 is 0 Å². The van der Waals surface area contributed by atoms with Gasteiger partial charge in [0.15, 0.2) is 0 Å². The molecule has 0 saturated heterocycles. The Kier molecular flexibility index (Phi) is 5.54. The fourth-order valence-electron chi connectivity index (χ4n) is 3.76. The van der Waals surface area contributed by atoms with Gasteiger partial charge in [0.25, 0.3) is 5.91 Å². The molecule has 0 radical (unpaired) electrons. The minimum Gasteiger partial charge on any atom is -0.497 e. The van der Waals surface area contributed by atoms with E-state index in [2.05, 4.69) is 4.98 Å². The highest BCUT2D eigenvalue weighted by Gasteiger charge is 2.38. The Morgan fingerprint density at radius 1 is 1.06 bits per heavy atom. The molecular weight excluding hydrogens is 426 g/mol. The number of halogens is 3. The SMILES string of the molecule is COc1ccc(CN2C(=O)c3c(Cl)cc(-c4c(F)cccc4F)nc3[C@@H]2C)c(OC)c1. The van der Waals surface area contributed by atoms with Gasteiger partial charge < -0.3 is 14.4 Å². The zero-order chi connectivity index (χ0) is 22.3. The summed E-state index contributed by atoms with van der Waals surface area (Å²) in [4.78, 5) is 19.1. The van der Waals surface area contributed by atoms with Gasteiger partial charge in [-0.3, -0.25) is 4.79 Å². The normalized spacial score (nSPS) is 15.2. The molecule has 1 aliphatic rings. The van der Waals surface area contributed by atoms with Crippen molar-refractivity contribution in [2.24, 2.45) is 0 Å². The number of ether oxygens (including phenoxy) is 2. The molecule has 0 unspecified atom stereocenters. The summed E-state index contributed by atoms with van der Waals surface area (Å²) in [5, 5.41) is 0.101. The van der Waals surface area contributed by atoms with Crippen molar-refractivity contribution in [2.75, 3.05) is 14.2 Å². The lowest BCUT2D eigenvalue weighted by Crippen LogP contribution is -2.26. The molecule has 0 bridgehead atoms. The highest BCUT2D eigenvalue weighted by Crippen LogP contribution is 2.40. The van der Waals surface area contributed by atoms with Gasteiger partial charge in [-0.2, -0.15) is 0 Å². The van der Waals surface area contributed by atoms with Crippen molar-refractivity contribution in [3.05, 3.63) is 75.9 Å². The largest absolute Gasteiger partial charge is 0.497 e. The van der Waals surface area contributed by atoms with E-state index in [-0.39, 0.29) is 34.3 Å². The van der Waals surface area contributed by atoms with E-state index in [1.165, 1.54) is 19.2 Å². The Bertz CT molecular complexity index is 1170. The number of nitrogens with zero attached hydrogens (tertiary/aromatic N) is 2. The summed E-state index contributed by atoms with van der Waals surface area (Å²) in [6.45, 7) is 2.04. The molecule has 0 N–H and O–H groups in total. The van der Waals surface area contributed by atoms with Gasteiger partial charge in [0, 0.05) is 11.6 Å². The zero-order valence-corrected chi connectivity index (χ0v) is 17.8. The number of fused-ring (bicyclic) bond motifs is 1. The van der Waals surface area contributed by atoms with E-state index >= 15 is 0 Å². The smallest absolute Gasteiger partial charge is 0.258 e. The Labute approximate surface area is 183 Å². The Balaban J connectivity index is 1.73. The number of amides is 1. The van der Waals surface area contributed by atoms with Crippen LogP contribution in [0.1, 0.15) is 34.6 Å². The molecule has 3 aromatic rings. The number of benzene rings is 2. The summed E-state index contributed by atoms with van der Waals surface area (Å²) < 4.78 is 39.2. The van der Waals surface area contributed by atoms with Crippen molar-refractivity contribution in [3.8, 4) is 22.8 Å². The van der Waals surface area contributed by atoms with Crippen molar-refractivity contribution in [1.29, 1.82) is 0 Å². The van der Waals surface area contributed by atoms with Gasteiger partial charge in [-0.25, -0.2) is 13.8 Å². The Morgan fingerprint density at radius 3 is 2.42 bits per heavy atom. The molecule has 1 aliphatic heterocycles. The second-order valence-electron chi connectivity index (χ2n) is 7.13. The summed E-state index contributed by atoms with van der Waals surface area (Å²) in [6.07, 6.45) is 0. The van der Waals surface area contributed by atoms with E-state index in [0.717, 1.165) is 17.7 Å². The van der Waals surface area contributed by atoms with Gasteiger partial charge in [0.05, 0.1) is 54.3 Å². The molecule has 0 fully saturated rings. The van der Waals surface area contributed by atoms with Crippen molar-refractivity contribution >= 4 is 17.5 Å². The second kappa shape index (κ2) is 8.15. The van der Waals surface area contributed by atoms with Crippen LogP contribution < -0.4 is 9.47 Å². The van der Waals surface area contributed by atoms with Crippen LogP contribution in [-0.2, 0) is 6.54 Å². The van der Waals surface area contributed by atoms with Crippen LogP contribution in [0.3, 0.4) is 0 Å². The number of hydrogen-bond donors (Lipinski definition) is 0. The van der Waals surface area contributed by atoms with E-state index in [1.807, 2.05) is 6.07 Å². The summed E-state index contributed by atoms with van der Waals surface area (Å²) in [5.74, 6) is -0.603. The number of hydrogen-bond acceptors (Lipinski definition) is 4. The maximum atomic E-state index is 14.3. The molecular formula is C23H19ClF2N2O3. The first-order valence-corrected chi connectivity index (χ1v) is 9.90. The molecule has 0 aliphatic carbocycles. The molecule has 31 heavy (non-hydrogen) atoms. The van der Waals surface area contributed by atoms with Crippen molar-refractivity contribution in [1.82, 2.24) is 9.88 Å². The van der Waals surface area contributed by atoms with Crippen molar-refractivity contribution in [3.63, 3.8) is 0 Å². The van der Waals surface area contributed by atoms with E-state index in [9.17, 15) is 13.6 Å². The third-order valence-electron chi connectivity index (χ3n) is 5.39. The third-order valence-corrected chi connectivity index (χ3v) is 5.69. The Hall–Kier alpha value is -3.19. The van der Waals surface area contributed by atoms with E-state index in [1.54, 1.807) is 31.1 Å². The number of aromatic nitrogens is 1. The van der Waals surface area contributed by atoms with Crippen LogP contribution in [0.2, 0.25) is 5.02 Å². The van der Waals surface area contributed by atoms with E-state index in [4.69, 9.17) is 21.1 Å². The number of carbonyl (C=O) groups excluding carboxylic acids is 1. The van der Waals surface area contributed by atoms with E-state index < -0.39 is 17.7 Å². The quantitative estimate of drug-likeness (QED) is 0.527. The van der Waals surface area contributed by atoms with Crippen LogP contribution in [-0.4, -0.2) is 30.0 Å². The predicted octanol–water partition coefficient (Wildman–Crippen LogP) is 5.41. The topological polar surface area (TPSA) is 51.7 Å². The molecule has 1 amide bonds. The first-order chi connectivity index (χ1) is 14.8. The highest BCUT2D eigenvalue weighted by atomic mass is 35.5. The van der Waals surface area contributed by atoms with Crippen LogP contribution in [0, 0.1) is 11.6 Å². The fraction of sp³-hybridized carbons (Fsp3) is 0.217. The minimum absolute atomic E-state index is 0.0443. The van der Waals surface area contributed by atoms with Gasteiger partial charge in [-0.15, -0.1) is 0 Å². The van der Waals surface area contributed by atoms with Crippen LogP contribution in [0.5, 0.6) is 11.5 Å². The molecule has 1 atom stereocenters. The van der Waals surface area contributed by atoms with E-state index in [0.29, 0.717) is 17.2 Å². The summed E-state index contributed by atoms with van der Waals surface area (Å²) in [7, 11) is 3.09. The van der Waals surface area contributed by atoms with Gasteiger partial charge in [-0.1, -0.05) is 17.7 Å².